The van der Waals surface area contributed by atoms with Gasteiger partial charge in [0, 0.05) is 29.1 Å². The van der Waals surface area contributed by atoms with E-state index in [0.29, 0.717) is 45.7 Å². The van der Waals surface area contributed by atoms with Gasteiger partial charge >= 0.3 is 0 Å². The lowest BCUT2D eigenvalue weighted by atomic mass is 10.1. The SMILES string of the molecule is CC(C)NC(=O)Cn1c(-c2cccc(Cl)c2)nc2ncc(OC[C@@H](C)CN3CCCCC3)cc2c1=O. The van der Waals surface area contributed by atoms with Gasteiger partial charge in [-0.15, -0.1) is 0 Å². The smallest absolute Gasteiger partial charge is 0.263 e. The predicted molar refractivity (Wildman–Crippen MR) is 142 cm³/mol. The Hall–Kier alpha value is -2.97. The molecule has 0 bridgehead atoms. The number of ether oxygens (including phenoxy) is 1. The van der Waals surface area contributed by atoms with Gasteiger partial charge in [-0.2, -0.15) is 0 Å². The Labute approximate surface area is 216 Å². The summed E-state index contributed by atoms with van der Waals surface area (Å²) in [5.74, 6) is 0.924. The van der Waals surface area contributed by atoms with E-state index in [0.717, 1.165) is 19.6 Å². The molecule has 3 heterocycles. The Morgan fingerprint density at radius 3 is 2.67 bits per heavy atom. The molecular weight excluding hydrogens is 478 g/mol. The zero-order chi connectivity index (χ0) is 25.7. The lowest BCUT2D eigenvalue weighted by molar-refractivity contribution is -0.122. The molecule has 2 aromatic heterocycles. The Kier molecular flexibility index (Phi) is 8.59. The fourth-order valence-electron chi connectivity index (χ4n) is 4.55. The van der Waals surface area contributed by atoms with Crippen molar-refractivity contribution in [2.45, 2.75) is 52.6 Å². The van der Waals surface area contributed by atoms with Crippen molar-refractivity contribution >= 4 is 28.5 Å². The molecule has 0 spiro atoms. The molecule has 0 radical (unpaired) electrons. The number of hydrogen-bond acceptors (Lipinski definition) is 6. The highest BCUT2D eigenvalue weighted by atomic mass is 35.5. The van der Waals surface area contributed by atoms with Crippen molar-refractivity contribution in [3.8, 4) is 17.1 Å². The summed E-state index contributed by atoms with van der Waals surface area (Å²) in [7, 11) is 0. The standard InChI is InChI=1S/C27H34ClN5O3/c1-18(2)30-24(34)16-33-26(20-8-7-9-21(28)12-20)31-25-23(27(33)35)13-22(14-29-25)36-17-19(3)15-32-10-5-4-6-11-32/h7-9,12-14,18-19H,4-6,10-11,15-17H2,1-3H3,(H,30,34)/t19-/m0/s1. The van der Waals surface area contributed by atoms with Gasteiger partial charge in [0.15, 0.2) is 5.65 Å². The minimum absolute atomic E-state index is 0.0511. The first-order valence-corrected chi connectivity index (χ1v) is 13.0. The first-order chi connectivity index (χ1) is 17.3. The molecule has 1 aliphatic heterocycles. The number of piperidine rings is 1. The molecule has 1 amide bonds. The van der Waals surface area contributed by atoms with Gasteiger partial charge in [-0.1, -0.05) is 37.1 Å². The largest absolute Gasteiger partial charge is 0.492 e. The first kappa shape index (κ1) is 26.1. The van der Waals surface area contributed by atoms with Crippen molar-refractivity contribution in [1.29, 1.82) is 0 Å². The molecule has 4 rings (SSSR count). The molecule has 1 aromatic carbocycles. The summed E-state index contributed by atoms with van der Waals surface area (Å²) in [5.41, 5.74) is 0.574. The second-order valence-corrected chi connectivity index (χ2v) is 10.3. The van der Waals surface area contributed by atoms with Crippen LogP contribution in [0, 0.1) is 5.92 Å². The molecule has 8 nitrogen and oxygen atoms in total. The van der Waals surface area contributed by atoms with Crippen LogP contribution >= 0.6 is 11.6 Å². The number of aromatic nitrogens is 3. The first-order valence-electron chi connectivity index (χ1n) is 12.6. The Morgan fingerprint density at radius 2 is 1.94 bits per heavy atom. The van der Waals surface area contributed by atoms with E-state index in [4.69, 9.17) is 16.3 Å². The van der Waals surface area contributed by atoms with Crippen LogP contribution in [0.2, 0.25) is 5.02 Å². The number of hydrogen-bond donors (Lipinski definition) is 1. The van der Waals surface area contributed by atoms with E-state index in [2.05, 4.69) is 27.1 Å². The van der Waals surface area contributed by atoms with E-state index in [1.807, 2.05) is 13.8 Å². The van der Waals surface area contributed by atoms with Gasteiger partial charge in [-0.05, 0) is 58.0 Å². The van der Waals surface area contributed by atoms with Crippen LogP contribution in [0.3, 0.4) is 0 Å². The molecule has 192 valence electrons. The van der Waals surface area contributed by atoms with Gasteiger partial charge in [-0.3, -0.25) is 14.2 Å². The number of carbonyl (C=O) groups excluding carboxylic acids is 1. The Morgan fingerprint density at radius 1 is 1.17 bits per heavy atom. The number of amides is 1. The summed E-state index contributed by atoms with van der Waals surface area (Å²) in [6.45, 7) is 9.56. The highest BCUT2D eigenvalue weighted by Gasteiger charge is 2.18. The molecule has 0 aliphatic carbocycles. The lowest BCUT2D eigenvalue weighted by Crippen LogP contribution is -2.37. The monoisotopic (exact) mass is 511 g/mol. The van der Waals surface area contributed by atoms with Crippen LogP contribution in [0.4, 0.5) is 0 Å². The van der Waals surface area contributed by atoms with Gasteiger partial charge in [0.25, 0.3) is 5.56 Å². The van der Waals surface area contributed by atoms with E-state index in [1.54, 1.807) is 36.5 Å². The third-order valence-corrected chi connectivity index (χ3v) is 6.41. The average Bonchev–Trinajstić information content (AvgIpc) is 2.84. The quantitative estimate of drug-likeness (QED) is 0.464. The molecule has 0 saturated carbocycles. The molecular formula is C27H34ClN5O3. The van der Waals surface area contributed by atoms with Gasteiger partial charge in [0.1, 0.15) is 18.1 Å². The van der Waals surface area contributed by atoms with Crippen molar-refractivity contribution in [2.75, 3.05) is 26.2 Å². The lowest BCUT2D eigenvalue weighted by Gasteiger charge is -2.29. The van der Waals surface area contributed by atoms with E-state index in [9.17, 15) is 9.59 Å². The molecule has 1 N–H and O–H groups in total. The summed E-state index contributed by atoms with van der Waals surface area (Å²) >= 11 is 6.19. The average molecular weight is 512 g/mol. The summed E-state index contributed by atoms with van der Waals surface area (Å²) in [6.07, 6.45) is 5.43. The van der Waals surface area contributed by atoms with Crippen molar-refractivity contribution in [2.24, 2.45) is 5.92 Å². The Bertz CT molecular complexity index is 1270. The zero-order valence-corrected chi connectivity index (χ0v) is 21.9. The van der Waals surface area contributed by atoms with Crippen LogP contribution in [0.5, 0.6) is 5.75 Å². The highest BCUT2D eigenvalue weighted by Crippen LogP contribution is 2.23. The maximum atomic E-state index is 13.6. The third-order valence-electron chi connectivity index (χ3n) is 6.17. The molecule has 1 fully saturated rings. The van der Waals surface area contributed by atoms with Gasteiger partial charge in [0.05, 0.1) is 18.2 Å². The van der Waals surface area contributed by atoms with Gasteiger partial charge in [-0.25, -0.2) is 9.97 Å². The topological polar surface area (TPSA) is 89.3 Å². The molecule has 1 atom stereocenters. The summed E-state index contributed by atoms with van der Waals surface area (Å²) in [5, 5.41) is 3.65. The number of likely N-dealkylation sites (tertiary alicyclic amines) is 1. The van der Waals surface area contributed by atoms with Gasteiger partial charge in [0.2, 0.25) is 5.91 Å². The highest BCUT2D eigenvalue weighted by molar-refractivity contribution is 6.30. The number of nitrogens with zero attached hydrogens (tertiary/aromatic N) is 4. The number of fused-ring (bicyclic) bond motifs is 1. The fourth-order valence-corrected chi connectivity index (χ4v) is 4.74. The van der Waals surface area contributed by atoms with Crippen molar-refractivity contribution < 1.29 is 9.53 Å². The van der Waals surface area contributed by atoms with Crippen LogP contribution in [0.15, 0.2) is 41.3 Å². The molecule has 3 aromatic rings. The minimum Gasteiger partial charge on any atom is -0.492 e. The van der Waals surface area contributed by atoms with E-state index in [-0.39, 0.29) is 24.1 Å². The molecule has 0 unspecified atom stereocenters. The maximum Gasteiger partial charge on any atom is 0.263 e. The van der Waals surface area contributed by atoms with Crippen molar-refractivity contribution in [3.63, 3.8) is 0 Å². The van der Waals surface area contributed by atoms with Crippen molar-refractivity contribution in [1.82, 2.24) is 24.8 Å². The number of nitrogens with one attached hydrogen (secondary N) is 1. The molecule has 36 heavy (non-hydrogen) atoms. The normalized spacial score (nSPS) is 15.2. The third kappa shape index (κ3) is 6.62. The van der Waals surface area contributed by atoms with Gasteiger partial charge < -0.3 is 15.0 Å². The van der Waals surface area contributed by atoms with E-state index in [1.165, 1.54) is 23.8 Å². The zero-order valence-electron chi connectivity index (χ0n) is 21.2. The van der Waals surface area contributed by atoms with Crippen LogP contribution in [-0.2, 0) is 11.3 Å². The molecule has 1 aliphatic rings. The number of carbonyl (C=O) groups is 1. The number of pyridine rings is 1. The number of benzene rings is 1. The summed E-state index contributed by atoms with van der Waals surface area (Å²) < 4.78 is 7.39. The van der Waals surface area contributed by atoms with E-state index >= 15 is 0 Å². The Balaban J connectivity index is 1.62. The summed E-state index contributed by atoms with van der Waals surface area (Å²) in [6, 6.07) is 8.66. The van der Waals surface area contributed by atoms with Crippen LogP contribution in [-0.4, -0.2) is 57.6 Å². The molecule has 1 saturated heterocycles. The fraction of sp³-hybridized carbons (Fsp3) is 0.481. The number of halogens is 1. The maximum absolute atomic E-state index is 13.6. The minimum atomic E-state index is -0.354. The number of rotatable bonds is 9. The van der Waals surface area contributed by atoms with Crippen LogP contribution in [0.1, 0.15) is 40.0 Å². The van der Waals surface area contributed by atoms with Crippen LogP contribution < -0.4 is 15.6 Å². The van der Waals surface area contributed by atoms with E-state index < -0.39 is 0 Å². The predicted octanol–water partition coefficient (Wildman–Crippen LogP) is 4.14. The summed E-state index contributed by atoms with van der Waals surface area (Å²) in [4.78, 5) is 37.7. The second kappa shape index (κ2) is 11.8. The second-order valence-electron chi connectivity index (χ2n) is 9.88. The van der Waals surface area contributed by atoms with Crippen LogP contribution in [0.25, 0.3) is 22.4 Å². The molecule has 9 heteroatoms. The van der Waals surface area contributed by atoms with Crippen molar-refractivity contribution in [3.05, 3.63) is 51.9 Å².